The molecule has 5 nitrogen and oxygen atoms in total. The molecule has 1 aliphatic carbocycles. The van der Waals surface area contributed by atoms with E-state index in [1.54, 1.807) is 6.07 Å². The van der Waals surface area contributed by atoms with Gasteiger partial charge in [0.1, 0.15) is 5.76 Å². The third-order valence-electron chi connectivity index (χ3n) is 3.06. The molecule has 3 N–H and O–H groups in total. The van der Waals surface area contributed by atoms with Gasteiger partial charge in [-0.05, 0) is 37.8 Å². The molecule has 2 atom stereocenters. The molecule has 0 saturated heterocycles. The van der Waals surface area contributed by atoms with E-state index in [4.69, 9.17) is 9.52 Å². The molecule has 0 radical (unpaired) electrons. The molecule has 0 aliphatic heterocycles. The van der Waals surface area contributed by atoms with Gasteiger partial charge in [-0.25, -0.2) is 4.79 Å². The number of aromatic carboxylic acids is 1. The van der Waals surface area contributed by atoms with Crippen molar-refractivity contribution in [3.63, 3.8) is 0 Å². The number of hydrogen-bond donors (Lipinski definition) is 3. The highest BCUT2D eigenvalue weighted by molar-refractivity contribution is 5.84. The summed E-state index contributed by atoms with van der Waals surface area (Å²) in [6, 6.07) is 2.98. The lowest BCUT2D eigenvalue weighted by Gasteiger charge is -2.14. The van der Waals surface area contributed by atoms with E-state index in [2.05, 4.69) is 5.32 Å². The van der Waals surface area contributed by atoms with Crippen LogP contribution in [0.15, 0.2) is 16.5 Å². The number of furan rings is 1. The van der Waals surface area contributed by atoms with Crippen molar-refractivity contribution in [3.05, 3.63) is 23.7 Å². The zero-order valence-corrected chi connectivity index (χ0v) is 9.72. The lowest BCUT2D eigenvalue weighted by Crippen LogP contribution is -2.30. The highest BCUT2D eigenvalue weighted by Gasteiger charge is 2.29. The van der Waals surface area contributed by atoms with E-state index in [0.29, 0.717) is 18.2 Å². The number of nitrogens with one attached hydrogen (secondary N) is 1. The van der Waals surface area contributed by atoms with Gasteiger partial charge in [0, 0.05) is 6.54 Å². The Morgan fingerprint density at radius 3 is 2.82 bits per heavy atom. The van der Waals surface area contributed by atoms with E-state index in [0.717, 1.165) is 12.8 Å². The summed E-state index contributed by atoms with van der Waals surface area (Å²) in [5.41, 5.74) is 0. The Labute approximate surface area is 99.4 Å². The van der Waals surface area contributed by atoms with Gasteiger partial charge in [0.2, 0.25) is 5.76 Å². The minimum Gasteiger partial charge on any atom is -0.475 e. The average molecular weight is 239 g/mol. The zero-order chi connectivity index (χ0) is 12.4. The molecule has 1 heterocycles. The number of rotatable bonds is 6. The second-order valence-corrected chi connectivity index (χ2v) is 4.54. The lowest BCUT2D eigenvalue weighted by atomic mass is 10.2. The molecule has 1 fully saturated rings. The van der Waals surface area contributed by atoms with Gasteiger partial charge in [-0.1, -0.05) is 0 Å². The van der Waals surface area contributed by atoms with Crippen molar-refractivity contribution in [1.82, 2.24) is 5.32 Å². The third-order valence-corrected chi connectivity index (χ3v) is 3.06. The van der Waals surface area contributed by atoms with Crippen molar-refractivity contribution >= 4 is 5.97 Å². The normalized spacial score (nSPS) is 18.9. The van der Waals surface area contributed by atoms with Crippen LogP contribution in [0.5, 0.6) is 0 Å². The van der Waals surface area contributed by atoms with Gasteiger partial charge >= 0.3 is 5.97 Å². The molecule has 2 unspecified atom stereocenters. The molecule has 94 valence electrons. The van der Waals surface area contributed by atoms with Gasteiger partial charge < -0.3 is 19.9 Å². The topological polar surface area (TPSA) is 82.7 Å². The molecule has 0 amide bonds. The van der Waals surface area contributed by atoms with Gasteiger partial charge in [-0.3, -0.25) is 0 Å². The maximum absolute atomic E-state index is 10.6. The first-order valence-corrected chi connectivity index (χ1v) is 5.82. The maximum Gasteiger partial charge on any atom is 0.371 e. The second-order valence-electron chi connectivity index (χ2n) is 4.54. The van der Waals surface area contributed by atoms with Crippen molar-refractivity contribution < 1.29 is 19.4 Å². The molecule has 0 aromatic carbocycles. The second kappa shape index (κ2) is 4.89. The molecular weight excluding hydrogens is 222 g/mol. The molecule has 0 spiro atoms. The van der Waals surface area contributed by atoms with Crippen LogP contribution in [0.1, 0.15) is 42.1 Å². The van der Waals surface area contributed by atoms with Crippen molar-refractivity contribution in [3.8, 4) is 0 Å². The lowest BCUT2D eigenvalue weighted by molar-refractivity contribution is 0.0659. The van der Waals surface area contributed by atoms with Gasteiger partial charge in [-0.2, -0.15) is 0 Å². The van der Waals surface area contributed by atoms with Gasteiger partial charge in [-0.15, -0.1) is 0 Å². The molecule has 1 aromatic rings. The van der Waals surface area contributed by atoms with Crippen LogP contribution in [0, 0.1) is 5.92 Å². The van der Waals surface area contributed by atoms with Crippen molar-refractivity contribution in [2.45, 2.75) is 31.9 Å². The first-order chi connectivity index (χ1) is 8.08. The van der Waals surface area contributed by atoms with Crippen LogP contribution in [0.4, 0.5) is 0 Å². The molecule has 1 aliphatic rings. The summed E-state index contributed by atoms with van der Waals surface area (Å²) in [5, 5.41) is 21.6. The zero-order valence-electron chi connectivity index (χ0n) is 9.72. The fraction of sp³-hybridized carbons (Fsp3) is 0.583. The fourth-order valence-corrected chi connectivity index (χ4v) is 1.75. The molecule has 1 aromatic heterocycles. The standard InChI is InChI=1S/C12H17NO4/c1-7(13-6-9(14)8-2-3-8)10-4-5-11(17-10)12(15)16/h4-5,7-9,13-14H,2-3,6H2,1H3,(H,15,16). The van der Waals surface area contributed by atoms with Gasteiger partial charge in [0.25, 0.3) is 0 Å². The Hall–Kier alpha value is -1.33. The first-order valence-electron chi connectivity index (χ1n) is 5.82. The van der Waals surface area contributed by atoms with E-state index >= 15 is 0 Å². The summed E-state index contributed by atoms with van der Waals surface area (Å²) in [6.45, 7) is 2.39. The minimum atomic E-state index is -1.07. The van der Waals surface area contributed by atoms with Crippen molar-refractivity contribution in [2.24, 2.45) is 5.92 Å². The van der Waals surface area contributed by atoms with E-state index in [-0.39, 0.29) is 17.9 Å². The number of carboxylic acids is 1. The molecule has 2 rings (SSSR count). The molecule has 0 bridgehead atoms. The molecular formula is C12H17NO4. The summed E-state index contributed by atoms with van der Waals surface area (Å²) in [7, 11) is 0. The fourth-order valence-electron chi connectivity index (χ4n) is 1.75. The number of carbonyl (C=O) groups is 1. The highest BCUT2D eigenvalue weighted by Crippen LogP contribution is 2.32. The number of hydrogen-bond acceptors (Lipinski definition) is 4. The maximum atomic E-state index is 10.6. The number of aliphatic hydroxyl groups excluding tert-OH is 1. The van der Waals surface area contributed by atoms with E-state index in [1.807, 2.05) is 6.92 Å². The summed E-state index contributed by atoms with van der Waals surface area (Å²) >= 11 is 0. The van der Waals surface area contributed by atoms with Crippen LogP contribution in [0.25, 0.3) is 0 Å². The quantitative estimate of drug-likeness (QED) is 0.699. The first kappa shape index (κ1) is 12.1. The summed E-state index contributed by atoms with van der Waals surface area (Å²) in [5.74, 6) is -0.121. The van der Waals surface area contributed by atoms with Crippen LogP contribution in [0.2, 0.25) is 0 Å². The third kappa shape index (κ3) is 3.08. The molecule has 1 saturated carbocycles. The largest absolute Gasteiger partial charge is 0.475 e. The Kier molecular flexibility index (Phi) is 3.49. The van der Waals surface area contributed by atoms with Gasteiger partial charge in [0.05, 0.1) is 12.1 Å². The van der Waals surface area contributed by atoms with Gasteiger partial charge in [0.15, 0.2) is 0 Å². The Morgan fingerprint density at radius 2 is 2.29 bits per heavy atom. The Bertz CT molecular complexity index is 397. The van der Waals surface area contributed by atoms with E-state index in [1.165, 1.54) is 6.07 Å². The van der Waals surface area contributed by atoms with Crippen LogP contribution in [-0.4, -0.2) is 28.8 Å². The summed E-state index contributed by atoms with van der Waals surface area (Å²) in [4.78, 5) is 10.6. The predicted molar refractivity (Wildman–Crippen MR) is 60.8 cm³/mol. The van der Waals surface area contributed by atoms with Crippen LogP contribution in [-0.2, 0) is 0 Å². The highest BCUT2D eigenvalue weighted by atomic mass is 16.4. The minimum absolute atomic E-state index is 0.0589. The van der Waals surface area contributed by atoms with Crippen LogP contribution >= 0.6 is 0 Å². The Morgan fingerprint density at radius 1 is 1.59 bits per heavy atom. The summed E-state index contributed by atoms with van der Waals surface area (Å²) in [6.07, 6.45) is 1.88. The van der Waals surface area contributed by atoms with E-state index < -0.39 is 5.97 Å². The van der Waals surface area contributed by atoms with Crippen LogP contribution in [0.3, 0.4) is 0 Å². The van der Waals surface area contributed by atoms with Crippen LogP contribution < -0.4 is 5.32 Å². The number of aliphatic hydroxyl groups is 1. The predicted octanol–water partition coefficient (Wildman–Crippen LogP) is 1.40. The SMILES string of the molecule is CC(NCC(O)C1CC1)c1ccc(C(=O)O)o1. The van der Waals surface area contributed by atoms with Crippen molar-refractivity contribution in [1.29, 1.82) is 0 Å². The van der Waals surface area contributed by atoms with E-state index in [9.17, 15) is 9.90 Å². The number of carboxylic acid groups (broad SMARTS) is 1. The molecule has 17 heavy (non-hydrogen) atoms. The monoisotopic (exact) mass is 239 g/mol. The summed E-state index contributed by atoms with van der Waals surface area (Å²) < 4.78 is 5.17. The molecule has 5 heteroatoms. The van der Waals surface area contributed by atoms with Crippen molar-refractivity contribution in [2.75, 3.05) is 6.54 Å². The average Bonchev–Trinajstić information content (AvgIpc) is 3.02. The smallest absolute Gasteiger partial charge is 0.371 e. The Balaban J connectivity index is 1.85.